The third kappa shape index (κ3) is 2.06. The number of aryl methyl sites for hydroxylation is 1. The second kappa shape index (κ2) is 5.05. The first kappa shape index (κ1) is 14.4. The fourth-order valence-corrected chi connectivity index (χ4v) is 4.27. The number of nitrogens with two attached hydrogens (primary N) is 1. The second-order valence-corrected chi connectivity index (χ2v) is 6.95. The number of piperidine rings is 1. The van der Waals surface area contributed by atoms with Gasteiger partial charge in [-0.25, -0.2) is 14.3 Å². The van der Waals surface area contributed by atoms with Crippen LogP contribution < -0.4 is 16.3 Å². The summed E-state index contributed by atoms with van der Waals surface area (Å²) >= 11 is 0. The van der Waals surface area contributed by atoms with Gasteiger partial charge in [0.15, 0.2) is 5.65 Å². The molecule has 0 radical (unpaired) electrons. The van der Waals surface area contributed by atoms with Gasteiger partial charge in [0.25, 0.3) is 0 Å². The van der Waals surface area contributed by atoms with Crippen LogP contribution in [0, 0.1) is 5.92 Å². The van der Waals surface area contributed by atoms with Gasteiger partial charge in [0.1, 0.15) is 17.5 Å². The summed E-state index contributed by atoms with van der Waals surface area (Å²) in [6, 6.07) is 6.23. The van der Waals surface area contributed by atoms with Crippen molar-refractivity contribution in [2.45, 2.75) is 25.3 Å². The van der Waals surface area contributed by atoms with Crippen LogP contribution in [0.4, 0.5) is 11.6 Å². The third-order valence-corrected chi connectivity index (χ3v) is 5.48. The lowest BCUT2D eigenvalue weighted by molar-refractivity contribution is 0.550. The summed E-state index contributed by atoms with van der Waals surface area (Å²) < 4.78 is 3.11. The first-order valence-electron chi connectivity index (χ1n) is 8.56. The van der Waals surface area contributed by atoms with Gasteiger partial charge in [0.05, 0.1) is 11.6 Å². The summed E-state index contributed by atoms with van der Waals surface area (Å²) in [4.78, 5) is 23.7. The normalized spacial score (nSPS) is 22.2. The van der Waals surface area contributed by atoms with Gasteiger partial charge in [0, 0.05) is 25.7 Å². The predicted molar refractivity (Wildman–Crippen MR) is 94.8 cm³/mol. The van der Waals surface area contributed by atoms with Gasteiger partial charge >= 0.3 is 5.69 Å². The topological polar surface area (TPSA) is 94.9 Å². The van der Waals surface area contributed by atoms with Crippen molar-refractivity contribution in [2.75, 3.05) is 17.2 Å². The molecule has 2 fully saturated rings. The van der Waals surface area contributed by atoms with E-state index in [-0.39, 0.29) is 5.82 Å². The standard InChI is InChI=1S/C17H19N7O/c1-22-14(6-7-19-22)24-16-12(15(18)21-17(24)25)4-5-13(20-16)23-9-10-2-3-11(23)8-10/h4-7,10-11H,2-3,8-9H2,1H3,(H2,18,21,25)/t10-,11+/m0/s1. The van der Waals surface area contributed by atoms with Crippen molar-refractivity contribution in [2.24, 2.45) is 13.0 Å². The minimum Gasteiger partial charge on any atom is -0.383 e. The van der Waals surface area contributed by atoms with Gasteiger partial charge in [-0.05, 0) is 37.3 Å². The average molecular weight is 337 g/mol. The molecule has 2 atom stereocenters. The number of nitrogen functional groups attached to an aromatic ring is 1. The van der Waals surface area contributed by atoms with Gasteiger partial charge < -0.3 is 10.6 Å². The van der Waals surface area contributed by atoms with Crippen LogP contribution >= 0.6 is 0 Å². The van der Waals surface area contributed by atoms with Crippen molar-refractivity contribution in [1.82, 2.24) is 24.3 Å². The molecule has 0 amide bonds. The lowest BCUT2D eigenvalue weighted by Crippen LogP contribution is -2.33. The van der Waals surface area contributed by atoms with Crippen molar-refractivity contribution in [3.05, 3.63) is 34.9 Å². The van der Waals surface area contributed by atoms with Crippen molar-refractivity contribution >= 4 is 22.7 Å². The maximum absolute atomic E-state index is 12.5. The van der Waals surface area contributed by atoms with Gasteiger partial charge in [-0.3, -0.25) is 4.68 Å². The van der Waals surface area contributed by atoms with Crippen LogP contribution in [0.1, 0.15) is 19.3 Å². The summed E-state index contributed by atoms with van der Waals surface area (Å²) in [5, 5.41) is 4.83. The maximum atomic E-state index is 12.5. The molecule has 5 rings (SSSR count). The highest BCUT2D eigenvalue weighted by Gasteiger charge is 2.38. The highest BCUT2D eigenvalue weighted by molar-refractivity contribution is 5.87. The first-order chi connectivity index (χ1) is 12.1. The Bertz CT molecular complexity index is 1040. The molecule has 3 aromatic rings. The SMILES string of the molecule is Cn1nccc1-n1c(=O)nc(N)c2ccc(N3C[C@H]4CC[C@@H]3C4)nc21. The van der Waals surface area contributed by atoms with E-state index in [2.05, 4.69) is 15.0 Å². The van der Waals surface area contributed by atoms with Gasteiger partial charge in [0.2, 0.25) is 0 Å². The molecular formula is C17H19N7O. The first-order valence-corrected chi connectivity index (χ1v) is 8.56. The van der Waals surface area contributed by atoms with E-state index in [0.29, 0.717) is 22.9 Å². The number of aromatic nitrogens is 5. The summed E-state index contributed by atoms with van der Waals surface area (Å²) in [5.74, 6) is 2.50. The molecule has 8 nitrogen and oxygen atoms in total. The van der Waals surface area contributed by atoms with E-state index in [9.17, 15) is 4.79 Å². The quantitative estimate of drug-likeness (QED) is 0.752. The number of fused-ring (bicyclic) bond motifs is 3. The highest BCUT2D eigenvalue weighted by Crippen LogP contribution is 2.39. The molecule has 1 saturated heterocycles. The Balaban J connectivity index is 1.74. The van der Waals surface area contributed by atoms with Crippen LogP contribution in [0.3, 0.4) is 0 Å². The summed E-state index contributed by atoms with van der Waals surface area (Å²) in [6.07, 6.45) is 5.42. The van der Waals surface area contributed by atoms with E-state index < -0.39 is 5.69 Å². The van der Waals surface area contributed by atoms with Crippen LogP contribution in [-0.2, 0) is 7.05 Å². The zero-order chi connectivity index (χ0) is 17.1. The van der Waals surface area contributed by atoms with Crippen molar-refractivity contribution < 1.29 is 0 Å². The zero-order valence-corrected chi connectivity index (χ0v) is 14.0. The molecule has 0 spiro atoms. The lowest BCUT2D eigenvalue weighted by Gasteiger charge is -2.28. The number of hydrogen-bond acceptors (Lipinski definition) is 6. The van der Waals surface area contributed by atoms with Gasteiger partial charge in [-0.1, -0.05) is 0 Å². The second-order valence-electron chi connectivity index (χ2n) is 6.95. The fourth-order valence-electron chi connectivity index (χ4n) is 4.27. The zero-order valence-electron chi connectivity index (χ0n) is 14.0. The molecule has 0 unspecified atom stereocenters. The Morgan fingerprint density at radius 2 is 2.08 bits per heavy atom. The van der Waals surface area contributed by atoms with Crippen LogP contribution in [0.5, 0.6) is 0 Å². The number of nitrogens with zero attached hydrogens (tertiary/aromatic N) is 6. The number of anilines is 2. The van der Waals surface area contributed by atoms with E-state index in [1.807, 2.05) is 12.1 Å². The van der Waals surface area contributed by atoms with Crippen molar-refractivity contribution in [3.8, 4) is 5.82 Å². The van der Waals surface area contributed by atoms with E-state index in [1.54, 1.807) is 24.0 Å². The number of hydrogen-bond donors (Lipinski definition) is 1. The predicted octanol–water partition coefficient (Wildman–Crippen LogP) is 1.09. The van der Waals surface area contributed by atoms with Crippen LogP contribution in [0.2, 0.25) is 0 Å². The van der Waals surface area contributed by atoms with E-state index in [0.717, 1.165) is 18.3 Å². The molecule has 8 heteroatoms. The third-order valence-electron chi connectivity index (χ3n) is 5.48. The molecule has 2 aliphatic rings. The van der Waals surface area contributed by atoms with Crippen molar-refractivity contribution in [3.63, 3.8) is 0 Å². The van der Waals surface area contributed by atoms with Crippen LogP contribution in [-0.4, -0.2) is 36.9 Å². The Labute approximate surface area is 143 Å². The summed E-state index contributed by atoms with van der Waals surface area (Å²) in [5.41, 5.74) is 6.07. The van der Waals surface area contributed by atoms with Crippen LogP contribution in [0.15, 0.2) is 29.2 Å². The molecule has 3 aromatic heterocycles. The molecule has 25 heavy (non-hydrogen) atoms. The van der Waals surface area contributed by atoms with E-state index >= 15 is 0 Å². The Kier molecular flexibility index (Phi) is 2.92. The number of pyridine rings is 1. The smallest absolute Gasteiger partial charge is 0.357 e. The molecule has 4 heterocycles. The monoisotopic (exact) mass is 337 g/mol. The van der Waals surface area contributed by atoms with Crippen LogP contribution in [0.25, 0.3) is 16.9 Å². The molecule has 2 N–H and O–H groups in total. The Hall–Kier alpha value is -2.90. The van der Waals surface area contributed by atoms with E-state index in [4.69, 9.17) is 10.7 Å². The largest absolute Gasteiger partial charge is 0.383 e. The Morgan fingerprint density at radius 3 is 2.76 bits per heavy atom. The molecular weight excluding hydrogens is 318 g/mol. The molecule has 128 valence electrons. The van der Waals surface area contributed by atoms with E-state index in [1.165, 1.54) is 23.8 Å². The maximum Gasteiger partial charge on any atom is 0.357 e. The molecule has 1 saturated carbocycles. The molecule has 2 bridgehead atoms. The number of rotatable bonds is 2. The fraction of sp³-hybridized carbons (Fsp3) is 0.412. The summed E-state index contributed by atoms with van der Waals surface area (Å²) in [7, 11) is 1.78. The highest BCUT2D eigenvalue weighted by atomic mass is 16.1. The molecule has 0 aromatic carbocycles. The van der Waals surface area contributed by atoms with Gasteiger partial charge in [-0.2, -0.15) is 10.1 Å². The molecule has 1 aliphatic heterocycles. The average Bonchev–Trinajstić information content (AvgIpc) is 3.32. The van der Waals surface area contributed by atoms with Crippen molar-refractivity contribution in [1.29, 1.82) is 0 Å². The Morgan fingerprint density at radius 1 is 1.20 bits per heavy atom. The minimum atomic E-state index is -0.443. The lowest BCUT2D eigenvalue weighted by atomic mass is 10.1. The summed E-state index contributed by atoms with van der Waals surface area (Å²) in [6.45, 7) is 1.04. The van der Waals surface area contributed by atoms with Gasteiger partial charge in [-0.15, -0.1) is 0 Å². The molecule has 1 aliphatic carbocycles. The minimum absolute atomic E-state index is 0.209.